The predicted molar refractivity (Wildman–Crippen MR) is 76.6 cm³/mol. The van der Waals surface area contributed by atoms with Crippen LogP contribution in [0.5, 0.6) is 0 Å². The van der Waals surface area contributed by atoms with Crippen LogP contribution in [-0.4, -0.2) is 22.4 Å². The Hall–Kier alpha value is -0.510. The molecule has 0 heterocycles. The van der Waals surface area contributed by atoms with E-state index >= 15 is 0 Å². The van der Waals surface area contributed by atoms with Crippen LogP contribution in [0.15, 0.2) is 0 Å². The molecule has 3 nitrogen and oxygen atoms in total. The van der Waals surface area contributed by atoms with Gasteiger partial charge in [-0.2, -0.15) is 0 Å². The van der Waals surface area contributed by atoms with Gasteiger partial charge in [-0.05, 0) is 19.3 Å². The van der Waals surface area contributed by atoms with E-state index in [9.17, 15) is 9.59 Å². The van der Waals surface area contributed by atoms with Gasteiger partial charge in [-0.15, -0.1) is 0 Å². The highest BCUT2D eigenvalue weighted by molar-refractivity contribution is 8.14. The lowest BCUT2D eigenvalue weighted by molar-refractivity contribution is -0.144. The molecule has 0 spiro atoms. The summed E-state index contributed by atoms with van der Waals surface area (Å²) in [5.41, 5.74) is 0. The Labute approximate surface area is 115 Å². The third-order valence-electron chi connectivity index (χ3n) is 2.72. The zero-order valence-corrected chi connectivity index (χ0v) is 13.1. The van der Waals surface area contributed by atoms with E-state index in [1.165, 1.54) is 11.8 Å². The number of carbonyl (C=O) groups excluding carboxylic acids is 2. The van der Waals surface area contributed by atoms with E-state index in [0.29, 0.717) is 18.9 Å². The number of esters is 1. The minimum absolute atomic E-state index is 0.00448. The minimum Gasteiger partial charge on any atom is -0.466 e. The van der Waals surface area contributed by atoms with Crippen LogP contribution in [-0.2, 0) is 14.3 Å². The highest BCUT2D eigenvalue weighted by Gasteiger charge is 2.21. The summed E-state index contributed by atoms with van der Waals surface area (Å²) in [6, 6.07) is 0. The van der Waals surface area contributed by atoms with Gasteiger partial charge in [0, 0.05) is 18.1 Å². The van der Waals surface area contributed by atoms with Gasteiger partial charge >= 0.3 is 5.97 Å². The summed E-state index contributed by atoms with van der Waals surface area (Å²) < 4.78 is 4.92. The first-order valence-corrected chi connectivity index (χ1v) is 7.43. The lowest BCUT2D eigenvalue weighted by Gasteiger charge is -2.22. The van der Waals surface area contributed by atoms with Gasteiger partial charge in [0.1, 0.15) is 0 Å². The molecule has 0 N–H and O–H groups in total. The normalized spacial score (nSPS) is 13.2. The van der Waals surface area contributed by atoms with Crippen LogP contribution in [0.3, 0.4) is 0 Å². The van der Waals surface area contributed by atoms with Crippen LogP contribution in [0.25, 0.3) is 0 Å². The zero-order chi connectivity index (χ0) is 14.2. The van der Waals surface area contributed by atoms with Crippen molar-refractivity contribution in [3.05, 3.63) is 0 Å². The number of carbonyl (C=O) groups is 2. The lowest BCUT2D eigenvalue weighted by Crippen LogP contribution is -2.17. The maximum atomic E-state index is 11.3. The summed E-state index contributed by atoms with van der Waals surface area (Å²) in [4.78, 5) is 22.4. The maximum Gasteiger partial charge on any atom is 0.306 e. The van der Waals surface area contributed by atoms with E-state index < -0.39 is 0 Å². The van der Waals surface area contributed by atoms with Crippen LogP contribution in [0.1, 0.15) is 60.3 Å². The lowest BCUT2D eigenvalue weighted by atomic mass is 9.97. The molecule has 1 unspecified atom stereocenters. The van der Waals surface area contributed by atoms with E-state index in [2.05, 4.69) is 20.8 Å². The monoisotopic (exact) mass is 274 g/mol. The van der Waals surface area contributed by atoms with Gasteiger partial charge in [0.2, 0.25) is 0 Å². The fourth-order valence-electron chi connectivity index (χ4n) is 1.92. The van der Waals surface area contributed by atoms with Crippen molar-refractivity contribution < 1.29 is 14.3 Å². The first kappa shape index (κ1) is 17.5. The molecular weight excluding hydrogens is 248 g/mol. The topological polar surface area (TPSA) is 43.4 Å². The fraction of sp³-hybridized carbons (Fsp3) is 0.857. The summed E-state index contributed by atoms with van der Waals surface area (Å²) >= 11 is 1.40. The average Bonchev–Trinajstić information content (AvgIpc) is 2.14. The van der Waals surface area contributed by atoms with E-state index in [4.69, 9.17) is 4.74 Å². The second kappa shape index (κ2) is 8.57. The summed E-state index contributed by atoms with van der Waals surface area (Å²) in [5.74, 6) is 0.240. The largest absolute Gasteiger partial charge is 0.466 e. The number of rotatable bonds is 8. The number of thioether (sulfide) groups is 1. The van der Waals surface area contributed by atoms with Crippen LogP contribution >= 0.6 is 11.8 Å². The van der Waals surface area contributed by atoms with Gasteiger partial charge in [-0.3, -0.25) is 9.59 Å². The molecule has 0 aromatic rings. The summed E-state index contributed by atoms with van der Waals surface area (Å²) in [7, 11) is 0. The molecular formula is C14H26O3S. The molecule has 0 fully saturated rings. The Balaban J connectivity index is 3.82. The van der Waals surface area contributed by atoms with Crippen molar-refractivity contribution >= 4 is 22.8 Å². The standard InChI is InChI=1S/C14H26O3S/c1-6-17-13(16)10-11(2)8-7-9-14(4,5)18-12(3)15/h11H,6-10H2,1-5H3. The predicted octanol–water partition coefficient (Wildman–Crippen LogP) is 3.80. The van der Waals surface area contributed by atoms with Gasteiger partial charge in [-0.1, -0.05) is 45.4 Å². The second-order valence-corrected chi connectivity index (χ2v) is 7.24. The first-order chi connectivity index (χ1) is 8.26. The van der Waals surface area contributed by atoms with Crippen LogP contribution < -0.4 is 0 Å². The average molecular weight is 274 g/mol. The van der Waals surface area contributed by atoms with Gasteiger partial charge in [0.05, 0.1) is 6.61 Å². The Morgan fingerprint density at radius 2 is 1.94 bits per heavy atom. The van der Waals surface area contributed by atoms with E-state index in [1.54, 1.807) is 6.92 Å². The molecule has 0 aliphatic carbocycles. The highest BCUT2D eigenvalue weighted by atomic mass is 32.2. The van der Waals surface area contributed by atoms with Gasteiger partial charge in [0.25, 0.3) is 0 Å². The number of ether oxygens (including phenoxy) is 1. The molecule has 0 bridgehead atoms. The molecule has 0 aliphatic heterocycles. The molecule has 0 amide bonds. The molecule has 1 atom stereocenters. The van der Waals surface area contributed by atoms with Crippen LogP contribution in [0.2, 0.25) is 0 Å². The van der Waals surface area contributed by atoms with E-state index in [-0.39, 0.29) is 15.8 Å². The van der Waals surface area contributed by atoms with Gasteiger partial charge in [0.15, 0.2) is 5.12 Å². The first-order valence-electron chi connectivity index (χ1n) is 6.62. The summed E-state index contributed by atoms with van der Waals surface area (Å²) in [6.07, 6.45) is 3.52. The number of hydrogen-bond donors (Lipinski definition) is 0. The van der Waals surface area contributed by atoms with Crippen molar-refractivity contribution in [1.82, 2.24) is 0 Å². The molecule has 0 rings (SSSR count). The van der Waals surface area contributed by atoms with Crippen molar-refractivity contribution in [1.29, 1.82) is 0 Å². The third kappa shape index (κ3) is 9.51. The maximum absolute atomic E-state index is 11.3. The molecule has 0 aromatic heterocycles. The third-order valence-corrected chi connectivity index (χ3v) is 3.76. The quantitative estimate of drug-likeness (QED) is 0.631. The smallest absolute Gasteiger partial charge is 0.306 e. The molecule has 0 aromatic carbocycles. The SMILES string of the molecule is CCOC(=O)CC(C)CCCC(C)(C)SC(C)=O. The van der Waals surface area contributed by atoms with Crippen molar-refractivity contribution in [2.45, 2.75) is 65.0 Å². The Morgan fingerprint density at radius 3 is 2.44 bits per heavy atom. The molecule has 0 aliphatic rings. The molecule has 0 saturated carbocycles. The molecule has 18 heavy (non-hydrogen) atoms. The minimum atomic E-state index is -0.109. The highest BCUT2D eigenvalue weighted by Crippen LogP contribution is 2.31. The summed E-state index contributed by atoms with van der Waals surface area (Å²) in [6.45, 7) is 10.1. The zero-order valence-electron chi connectivity index (χ0n) is 12.2. The summed E-state index contributed by atoms with van der Waals surface area (Å²) in [5, 5.41) is 0.166. The van der Waals surface area contributed by atoms with Crippen molar-refractivity contribution in [2.75, 3.05) is 6.61 Å². The second-order valence-electron chi connectivity index (χ2n) is 5.36. The van der Waals surface area contributed by atoms with Crippen molar-refractivity contribution in [3.63, 3.8) is 0 Å². The van der Waals surface area contributed by atoms with E-state index in [1.807, 2.05) is 6.92 Å². The van der Waals surface area contributed by atoms with Crippen LogP contribution in [0.4, 0.5) is 0 Å². The molecule has 4 heteroatoms. The Kier molecular flexibility index (Phi) is 8.32. The molecule has 106 valence electrons. The van der Waals surface area contributed by atoms with Gasteiger partial charge < -0.3 is 4.74 Å². The number of hydrogen-bond acceptors (Lipinski definition) is 4. The van der Waals surface area contributed by atoms with Gasteiger partial charge in [-0.25, -0.2) is 0 Å². The Bertz CT molecular complexity index is 274. The Morgan fingerprint density at radius 1 is 1.33 bits per heavy atom. The molecule has 0 radical (unpaired) electrons. The fourth-order valence-corrected chi connectivity index (χ4v) is 2.95. The van der Waals surface area contributed by atoms with Crippen LogP contribution in [0, 0.1) is 5.92 Å². The van der Waals surface area contributed by atoms with Crippen molar-refractivity contribution in [3.8, 4) is 0 Å². The van der Waals surface area contributed by atoms with E-state index in [0.717, 1.165) is 19.3 Å². The van der Waals surface area contributed by atoms with Crippen molar-refractivity contribution in [2.24, 2.45) is 5.92 Å². The molecule has 0 saturated heterocycles.